The summed E-state index contributed by atoms with van der Waals surface area (Å²) in [6, 6.07) is 4.52. The number of hydrogen-bond donors (Lipinski definition) is 0. The van der Waals surface area contributed by atoms with Crippen LogP contribution >= 0.6 is 11.8 Å². The smallest absolute Gasteiger partial charge is 0.340 e. The number of hydrogen-bond acceptors (Lipinski definition) is 4. The molecule has 1 heterocycles. The summed E-state index contributed by atoms with van der Waals surface area (Å²) in [4.78, 5) is 12.3. The molecule has 0 radical (unpaired) electrons. The van der Waals surface area contributed by atoms with Gasteiger partial charge in [-0.1, -0.05) is 6.07 Å². The summed E-state index contributed by atoms with van der Waals surface area (Å²) < 4.78 is 19.9. The van der Waals surface area contributed by atoms with Crippen LogP contribution in [0.15, 0.2) is 35.5 Å². The van der Waals surface area contributed by atoms with Crippen molar-refractivity contribution in [2.75, 3.05) is 7.11 Å². The van der Waals surface area contributed by atoms with Gasteiger partial charge in [0.25, 0.3) is 0 Å². The lowest BCUT2D eigenvalue weighted by Crippen LogP contribution is -2.04. The SMILES string of the molecule is COC(=O)c1ccc(CSc2cnn(C)c2)cc1F. The Bertz CT molecular complexity index is 598. The molecule has 1 aromatic heterocycles. The van der Waals surface area contributed by atoms with Crippen LogP contribution in [0.3, 0.4) is 0 Å². The summed E-state index contributed by atoms with van der Waals surface area (Å²) in [5.74, 6) is -0.607. The largest absolute Gasteiger partial charge is 0.465 e. The van der Waals surface area contributed by atoms with Crippen molar-refractivity contribution >= 4 is 17.7 Å². The van der Waals surface area contributed by atoms with Gasteiger partial charge >= 0.3 is 5.97 Å². The fourth-order valence-electron chi connectivity index (χ4n) is 1.56. The number of thioether (sulfide) groups is 1. The lowest BCUT2D eigenvalue weighted by Gasteiger charge is -2.04. The van der Waals surface area contributed by atoms with Gasteiger partial charge in [0, 0.05) is 23.9 Å². The molecule has 4 nitrogen and oxygen atoms in total. The molecule has 0 saturated heterocycles. The number of carbonyl (C=O) groups excluding carboxylic acids is 1. The molecule has 6 heteroatoms. The van der Waals surface area contributed by atoms with Crippen LogP contribution in [-0.4, -0.2) is 22.9 Å². The zero-order valence-electron chi connectivity index (χ0n) is 10.6. The van der Waals surface area contributed by atoms with E-state index < -0.39 is 11.8 Å². The Labute approximate surface area is 114 Å². The predicted molar refractivity (Wildman–Crippen MR) is 70.5 cm³/mol. The molecule has 0 aliphatic heterocycles. The first kappa shape index (κ1) is 13.6. The van der Waals surface area contributed by atoms with Gasteiger partial charge in [0.2, 0.25) is 0 Å². The highest BCUT2D eigenvalue weighted by molar-refractivity contribution is 7.98. The Morgan fingerprint density at radius 3 is 2.89 bits per heavy atom. The van der Waals surface area contributed by atoms with E-state index in [2.05, 4.69) is 9.84 Å². The number of rotatable bonds is 4. The van der Waals surface area contributed by atoms with Gasteiger partial charge in [0.05, 0.1) is 18.9 Å². The third-order valence-electron chi connectivity index (χ3n) is 2.53. The third-order valence-corrected chi connectivity index (χ3v) is 3.55. The zero-order chi connectivity index (χ0) is 13.8. The van der Waals surface area contributed by atoms with Crippen LogP contribution in [0.5, 0.6) is 0 Å². The summed E-state index contributed by atoms with van der Waals surface area (Å²) in [7, 11) is 3.07. The first-order valence-electron chi connectivity index (χ1n) is 5.58. The maximum atomic E-state index is 13.7. The van der Waals surface area contributed by atoms with E-state index in [1.165, 1.54) is 19.2 Å². The molecule has 100 valence electrons. The van der Waals surface area contributed by atoms with E-state index in [9.17, 15) is 9.18 Å². The normalized spacial score (nSPS) is 10.5. The van der Waals surface area contributed by atoms with Crippen molar-refractivity contribution in [1.82, 2.24) is 9.78 Å². The number of methoxy groups -OCH3 is 1. The van der Waals surface area contributed by atoms with E-state index in [1.54, 1.807) is 28.7 Å². The minimum atomic E-state index is -0.663. The second-order valence-corrected chi connectivity index (χ2v) is 4.99. The number of halogens is 1. The lowest BCUT2D eigenvalue weighted by atomic mass is 10.1. The zero-order valence-corrected chi connectivity index (χ0v) is 11.4. The molecule has 0 bridgehead atoms. The Kier molecular flexibility index (Phi) is 4.21. The van der Waals surface area contributed by atoms with Crippen molar-refractivity contribution in [1.29, 1.82) is 0 Å². The summed E-state index contributed by atoms with van der Waals surface area (Å²) in [5, 5.41) is 4.06. The Morgan fingerprint density at radius 1 is 1.53 bits per heavy atom. The van der Waals surface area contributed by atoms with E-state index in [1.807, 2.05) is 13.2 Å². The highest BCUT2D eigenvalue weighted by Crippen LogP contribution is 2.23. The van der Waals surface area contributed by atoms with Crippen molar-refractivity contribution in [3.63, 3.8) is 0 Å². The minimum Gasteiger partial charge on any atom is -0.465 e. The Morgan fingerprint density at radius 2 is 2.32 bits per heavy atom. The van der Waals surface area contributed by atoms with Gasteiger partial charge in [0.15, 0.2) is 0 Å². The third kappa shape index (κ3) is 3.35. The molecule has 0 N–H and O–H groups in total. The number of ether oxygens (including phenoxy) is 1. The lowest BCUT2D eigenvalue weighted by molar-refractivity contribution is 0.0595. The summed E-state index contributed by atoms with van der Waals surface area (Å²) in [6.45, 7) is 0. The second kappa shape index (κ2) is 5.88. The minimum absolute atomic E-state index is 0.0439. The molecule has 0 fully saturated rings. The number of carbonyl (C=O) groups is 1. The van der Waals surface area contributed by atoms with Crippen molar-refractivity contribution < 1.29 is 13.9 Å². The first-order valence-corrected chi connectivity index (χ1v) is 6.57. The van der Waals surface area contributed by atoms with E-state index in [-0.39, 0.29) is 5.56 Å². The fraction of sp³-hybridized carbons (Fsp3) is 0.231. The predicted octanol–water partition coefficient (Wildman–Crippen LogP) is 2.64. The van der Waals surface area contributed by atoms with Gasteiger partial charge in [-0.15, -0.1) is 11.8 Å². The maximum Gasteiger partial charge on any atom is 0.340 e. The second-order valence-electron chi connectivity index (χ2n) is 3.94. The van der Waals surface area contributed by atoms with Crippen molar-refractivity contribution in [3.8, 4) is 0 Å². The van der Waals surface area contributed by atoms with Crippen molar-refractivity contribution in [3.05, 3.63) is 47.5 Å². The molecule has 0 saturated carbocycles. The van der Waals surface area contributed by atoms with Gasteiger partial charge < -0.3 is 4.74 Å². The molecule has 0 amide bonds. The molecule has 0 aliphatic carbocycles. The standard InChI is InChI=1S/C13H13FN2O2S/c1-16-7-10(6-15-16)19-8-9-3-4-11(12(14)5-9)13(17)18-2/h3-7H,8H2,1-2H3. The van der Waals surface area contributed by atoms with Crippen LogP contribution in [-0.2, 0) is 17.5 Å². The van der Waals surface area contributed by atoms with Gasteiger partial charge in [-0.2, -0.15) is 5.10 Å². The fourth-order valence-corrected chi connectivity index (χ4v) is 2.43. The van der Waals surface area contributed by atoms with E-state index in [0.717, 1.165) is 10.5 Å². The van der Waals surface area contributed by atoms with Crippen LogP contribution in [0.4, 0.5) is 4.39 Å². The average Bonchev–Trinajstić information content (AvgIpc) is 2.81. The topological polar surface area (TPSA) is 44.1 Å². The van der Waals surface area contributed by atoms with Crippen LogP contribution in [0.2, 0.25) is 0 Å². The van der Waals surface area contributed by atoms with E-state index >= 15 is 0 Å². The first-order chi connectivity index (χ1) is 9.10. The van der Waals surface area contributed by atoms with Crippen LogP contribution in [0, 0.1) is 5.82 Å². The molecule has 1 aromatic carbocycles. The molecule has 0 aliphatic rings. The van der Waals surface area contributed by atoms with Crippen LogP contribution in [0.1, 0.15) is 15.9 Å². The average molecular weight is 280 g/mol. The molecule has 2 aromatic rings. The van der Waals surface area contributed by atoms with E-state index in [0.29, 0.717) is 5.75 Å². The monoisotopic (exact) mass is 280 g/mol. The van der Waals surface area contributed by atoms with Gasteiger partial charge in [-0.3, -0.25) is 4.68 Å². The Balaban J connectivity index is 2.06. The van der Waals surface area contributed by atoms with Gasteiger partial charge in [-0.05, 0) is 17.7 Å². The van der Waals surface area contributed by atoms with Gasteiger partial charge in [0.1, 0.15) is 5.82 Å². The molecule has 2 rings (SSSR count). The summed E-state index contributed by atoms with van der Waals surface area (Å²) in [6.07, 6.45) is 3.65. The van der Waals surface area contributed by atoms with E-state index in [4.69, 9.17) is 0 Å². The van der Waals surface area contributed by atoms with Crippen LogP contribution in [0.25, 0.3) is 0 Å². The van der Waals surface area contributed by atoms with Crippen LogP contribution < -0.4 is 0 Å². The van der Waals surface area contributed by atoms with Gasteiger partial charge in [-0.25, -0.2) is 9.18 Å². The maximum absolute atomic E-state index is 13.7. The number of nitrogens with zero attached hydrogens (tertiary/aromatic N) is 2. The van der Waals surface area contributed by atoms with Crippen molar-refractivity contribution in [2.45, 2.75) is 10.6 Å². The quantitative estimate of drug-likeness (QED) is 0.638. The number of esters is 1. The Hall–Kier alpha value is -1.82. The summed E-state index contributed by atoms with van der Waals surface area (Å²) >= 11 is 1.56. The number of aryl methyl sites for hydroxylation is 1. The highest BCUT2D eigenvalue weighted by atomic mass is 32.2. The summed E-state index contributed by atoms with van der Waals surface area (Å²) in [5.41, 5.74) is 0.761. The molecule has 0 unspecified atom stereocenters. The van der Waals surface area contributed by atoms with Crippen molar-refractivity contribution in [2.24, 2.45) is 7.05 Å². The molecule has 19 heavy (non-hydrogen) atoms. The number of aromatic nitrogens is 2. The molecular formula is C13H13FN2O2S. The number of benzene rings is 1. The molecular weight excluding hydrogens is 267 g/mol. The molecule has 0 spiro atoms. The molecule has 0 atom stereocenters. The highest BCUT2D eigenvalue weighted by Gasteiger charge is 2.12.